The van der Waals surface area contributed by atoms with Crippen molar-refractivity contribution in [3.63, 3.8) is 0 Å². The van der Waals surface area contributed by atoms with E-state index in [1.807, 2.05) is 39.0 Å². The quantitative estimate of drug-likeness (QED) is 0.0281. The van der Waals surface area contributed by atoms with Gasteiger partial charge in [0.05, 0.1) is 52.5 Å². The standard InChI is InChI=1S/C44H64N10O11/c1-28(2)25-34(49-37(55)26-31-12-14-32(15-13-31)48-44(62)51-33-10-7-6-9-30(33)5)40(58)50-35(27-38(56)57)41(59)52-39(29(3)4)43(61)54-18-8-11-36(54)42(60)46-16-19-63-21-23-65-24-22-64-20-17-47-53-45/h6-7,9-10,12-15,28-29,34-36,39H,8,11,16-27H2,1-5H3,(H,46,60)(H,49,55)(H,50,58)(H,52,59)(H,56,57)(H2,48,51,62)/t34?,35?,36-,39?/m0/s1. The van der Waals surface area contributed by atoms with Gasteiger partial charge in [0.1, 0.15) is 24.2 Å². The van der Waals surface area contributed by atoms with Gasteiger partial charge in [0, 0.05) is 35.9 Å². The van der Waals surface area contributed by atoms with Crippen LogP contribution in [-0.4, -0.2) is 135 Å². The van der Waals surface area contributed by atoms with Crippen molar-refractivity contribution < 1.29 is 52.9 Å². The van der Waals surface area contributed by atoms with Crippen molar-refractivity contribution in [2.75, 3.05) is 69.9 Å². The van der Waals surface area contributed by atoms with E-state index < -0.39 is 72.1 Å². The number of carboxylic acid groups (broad SMARTS) is 1. The van der Waals surface area contributed by atoms with Crippen LogP contribution in [0.15, 0.2) is 53.6 Å². The van der Waals surface area contributed by atoms with E-state index in [1.54, 1.807) is 44.2 Å². The number of aryl methyl sites for hydroxylation is 1. The Morgan fingerprint density at radius 1 is 0.831 bits per heavy atom. The van der Waals surface area contributed by atoms with Crippen molar-refractivity contribution in [1.82, 2.24) is 26.2 Å². The zero-order valence-corrected chi connectivity index (χ0v) is 37.8. The number of nitrogens with zero attached hydrogens (tertiary/aromatic N) is 4. The third-order valence-corrected chi connectivity index (χ3v) is 10.1. The van der Waals surface area contributed by atoms with Crippen LogP contribution >= 0.6 is 0 Å². The van der Waals surface area contributed by atoms with Crippen molar-refractivity contribution in [3.8, 4) is 0 Å². The Morgan fingerprint density at radius 3 is 2.11 bits per heavy atom. The largest absolute Gasteiger partial charge is 0.481 e. The molecule has 0 spiro atoms. The second-order valence-corrected chi connectivity index (χ2v) is 16.2. The first-order valence-electron chi connectivity index (χ1n) is 21.8. The Labute approximate surface area is 379 Å². The number of amides is 7. The molecule has 1 aliphatic rings. The molecule has 1 aliphatic heterocycles. The number of hydrogen-bond acceptors (Lipinski definition) is 11. The van der Waals surface area contributed by atoms with Gasteiger partial charge in [0.25, 0.3) is 0 Å². The smallest absolute Gasteiger partial charge is 0.323 e. The van der Waals surface area contributed by atoms with E-state index in [0.717, 1.165) is 5.56 Å². The van der Waals surface area contributed by atoms with E-state index in [9.17, 15) is 38.7 Å². The maximum Gasteiger partial charge on any atom is 0.323 e. The fraction of sp³-hybridized carbons (Fsp3) is 0.568. The molecular weight excluding hydrogens is 845 g/mol. The number of para-hydroxylation sites is 1. The zero-order chi connectivity index (χ0) is 47.7. The molecule has 7 N–H and O–H groups in total. The molecule has 1 saturated heterocycles. The maximum absolute atomic E-state index is 13.9. The fourth-order valence-electron chi connectivity index (χ4n) is 6.80. The lowest BCUT2D eigenvalue weighted by atomic mass is 10.00. The number of nitrogens with one attached hydrogen (secondary N) is 6. The molecule has 2 aromatic rings. The summed E-state index contributed by atoms with van der Waals surface area (Å²) in [5, 5.41) is 29.2. The first-order valence-corrected chi connectivity index (χ1v) is 21.8. The van der Waals surface area contributed by atoms with Crippen molar-refractivity contribution in [2.24, 2.45) is 17.0 Å². The minimum atomic E-state index is -1.60. The van der Waals surface area contributed by atoms with Gasteiger partial charge in [-0.2, -0.15) is 0 Å². The second-order valence-electron chi connectivity index (χ2n) is 16.2. The van der Waals surface area contributed by atoms with E-state index in [2.05, 4.69) is 41.9 Å². The molecule has 7 amide bonds. The fourth-order valence-corrected chi connectivity index (χ4v) is 6.80. The van der Waals surface area contributed by atoms with Crippen molar-refractivity contribution in [3.05, 3.63) is 70.1 Å². The average Bonchev–Trinajstić information content (AvgIpc) is 3.75. The third kappa shape index (κ3) is 19.6. The van der Waals surface area contributed by atoms with Crippen LogP contribution in [0.25, 0.3) is 10.4 Å². The summed E-state index contributed by atoms with van der Waals surface area (Å²) in [6.45, 7) is 11.4. The van der Waals surface area contributed by atoms with Crippen LogP contribution in [0.4, 0.5) is 16.2 Å². The minimum absolute atomic E-state index is 0.0880. The number of carbonyl (C=O) groups excluding carboxylic acids is 6. The molecule has 0 radical (unpaired) electrons. The van der Waals surface area contributed by atoms with E-state index >= 15 is 0 Å². The first kappa shape index (κ1) is 53.1. The highest BCUT2D eigenvalue weighted by Gasteiger charge is 2.40. The predicted molar refractivity (Wildman–Crippen MR) is 241 cm³/mol. The van der Waals surface area contributed by atoms with Crippen LogP contribution in [0.3, 0.4) is 0 Å². The Morgan fingerprint density at radius 2 is 1.48 bits per heavy atom. The topological polar surface area (TPSA) is 292 Å². The number of aliphatic carboxylic acids is 1. The summed E-state index contributed by atoms with van der Waals surface area (Å²) >= 11 is 0. The summed E-state index contributed by atoms with van der Waals surface area (Å²) in [4.78, 5) is 96.2. The molecule has 1 fully saturated rings. The van der Waals surface area contributed by atoms with Gasteiger partial charge in [0.2, 0.25) is 29.5 Å². The van der Waals surface area contributed by atoms with Gasteiger partial charge in [-0.3, -0.25) is 28.8 Å². The lowest BCUT2D eigenvalue weighted by Crippen LogP contribution is -2.59. The molecule has 3 unspecified atom stereocenters. The molecule has 0 bridgehead atoms. The van der Waals surface area contributed by atoms with Gasteiger partial charge in [-0.05, 0) is 72.9 Å². The van der Waals surface area contributed by atoms with E-state index in [1.165, 1.54) is 4.90 Å². The Kier molecular flexibility index (Phi) is 23.3. The number of azide groups is 1. The predicted octanol–water partition coefficient (Wildman–Crippen LogP) is 3.28. The third-order valence-electron chi connectivity index (χ3n) is 10.1. The first-order chi connectivity index (χ1) is 31.1. The van der Waals surface area contributed by atoms with Gasteiger partial charge in [0.15, 0.2) is 0 Å². The monoisotopic (exact) mass is 908 g/mol. The van der Waals surface area contributed by atoms with Crippen molar-refractivity contribution >= 4 is 52.9 Å². The molecule has 0 saturated carbocycles. The van der Waals surface area contributed by atoms with Gasteiger partial charge in [-0.15, -0.1) is 0 Å². The highest BCUT2D eigenvalue weighted by molar-refractivity contribution is 6.00. The summed E-state index contributed by atoms with van der Waals surface area (Å²) in [5.74, 6) is -5.06. The average molecular weight is 909 g/mol. The number of anilines is 2. The summed E-state index contributed by atoms with van der Waals surface area (Å²) in [7, 11) is 0. The van der Waals surface area contributed by atoms with Crippen molar-refractivity contribution in [2.45, 2.75) is 90.9 Å². The van der Waals surface area contributed by atoms with Crippen LogP contribution in [0.2, 0.25) is 0 Å². The normalized spacial score (nSPS) is 14.7. The molecular formula is C44H64N10O11. The van der Waals surface area contributed by atoms with Crippen LogP contribution in [0, 0.1) is 18.8 Å². The minimum Gasteiger partial charge on any atom is -0.481 e. The van der Waals surface area contributed by atoms with Gasteiger partial charge >= 0.3 is 12.0 Å². The van der Waals surface area contributed by atoms with Crippen LogP contribution in [-0.2, 0) is 49.4 Å². The zero-order valence-electron chi connectivity index (χ0n) is 37.8. The lowest BCUT2D eigenvalue weighted by Gasteiger charge is -2.31. The number of carbonyl (C=O) groups is 7. The van der Waals surface area contributed by atoms with Crippen LogP contribution in [0.5, 0.6) is 0 Å². The summed E-state index contributed by atoms with van der Waals surface area (Å²) in [6.07, 6.45) is 0.187. The number of urea groups is 1. The SMILES string of the molecule is Cc1ccccc1NC(=O)Nc1ccc(CC(=O)NC(CC(C)C)C(=O)NC(CC(=O)O)C(=O)NC(C(=O)N2CCC[C@H]2C(=O)NCCOCCOCCOCCN=[N+]=[N-])C(C)C)cc1. The Hall–Kier alpha value is -6.28. The van der Waals surface area contributed by atoms with Crippen molar-refractivity contribution in [1.29, 1.82) is 0 Å². The van der Waals surface area contributed by atoms with Gasteiger partial charge in [-0.1, -0.05) is 63.1 Å². The summed E-state index contributed by atoms with van der Waals surface area (Å²) in [6, 6.07) is 8.81. The molecule has 2 aromatic carbocycles. The molecule has 0 aliphatic carbocycles. The number of likely N-dealkylation sites (tertiary alicyclic amines) is 1. The Bertz CT molecular complexity index is 1940. The molecule has 21 nitrogen and oxygen atoms in total. The second kappa shape index (κ2) is 28.5. The van der Waals surface area contributed by atoms with Gasteiger partial charge < -0.3 is 56.1 Å². The molecule has 356 valence electrons. The number of carboxylic acids is 1. The number of rotatable bonds is 28. The number of hydrogen-bond donors (Lipinski definition) is 7. The molecule has 21 heteroatoms. The van der Waals surface area contributed by atoms with E-state index in [4.69, 9.17) is 19.7 Å². The maximum atomic E-state index is 13.9. The molecule has 0 aromatic heterocycles. The Balaban J connectivity index is 1.54. The summed E-state index contributed by atoms with van der Waals surface area (Å²) < 4.78 is 16.2. The number of ether oxygens (including phenoxy) is 3. The molecule has 3 rings (SSSR count). The lowest BCUT2D eigenvalue weighted by molar-refractivity contribution is -0.144. The van der Waals surface area contributed by atoms with E-state index in [-0.39, 0.29) is 57.5 Å². The number of benzene rings is 2. The van der Waals surface area contributed by atoms with E-state index in [0.29, 0.717) is 56.2 Å². The molecule has 65 heavy (non-hydrogen) atoms. The van der Waals surface area contributed by atoms with Crippen LogP contribution < -0.4 is 31.9 Å². The molecule has 4 atom stereocenters. The summed E-state index contributed by atoms with van der Waals surface area (Å²) in [5.41, 5.74) is 10.9. The highest BCUT2D eigenvalue weighted by Crippen LogP contribution is 2.21. The van der Waals surface area contributed by atoms with Gasteiger partial charge in [-0.25, -0.2) is 4.79 Å². The van der Waals surface area contributed by atoms with Crippen LogP contribution in [0.1, 0.15) is 64.5 Å². The highest BCUT2D eigenvalue weighted by atomic mass is 16.5. The molecule has 1 heterocycles.